The number of aliphatic hydroxyl groups is 1. The van der Waals surface area contributed by atoms with Gasteiger partial charge in [0.2, 0.25) is 0 Å². The molecule has 0 aliphatic heterocycles. The summed E-state index contributed by atoms with van der Waals surface area (Å²) < 4.78 is 0. The van der Waals surface area contributed by atoms with Gasteiger partial charge in [-0.15, -0.1) is 0 Å². The Labute approximate surface area is 143 Å². The Balaban J connectivity index is 1.56. The summed E-state index contributed by atoms with van der Waals surface area (Å²) in [7, 11) is 1.63. The average molecular weight is 330 g/mol. The lowest BCUT2D eigenvalue weighted by atomic mass is 9.86. The van der Waals surface area contributed by atoms with Crippen LogP contribution < -0.4 is 5.32 Å². The van der Waals surface area contributed by atoms with Gasteiger partial charge in [0.15, 0.2) is 0 Å². The maximum Gasteiger partial charge on any atom is 0.313 e. The number of nitrogens with zero attached hydrogens (tertiary/aromatic N) is 1. The number of hydrogen-bond acceptors (Lipinski definition) is 3. The van der Waals surface area contributed by atoms with Crippen LogP contribution in [0.2, 0.25) is 0 Å². The number of aliphatic hydroxyl groups excluding tert-OH is 1. The van der Waals surface area contributed by atoms with Gasteiger partial charge in [-0.1, -0.05) is 18.9 Å². The summed E-state index contributed by atoms with van der Waals surface area (Å²) in [5, 5.41) is 12.7. The fourth-order valence-electron chi connectivity index (χ4n) is 3.84. The van der Waals surface area contributed by atoms with Crippen molar-refractivity contribution in [3.8, 4) is 0 Å². The maximum absolute atomic E-state index is 12.3. The molecule has 2 aliphatic rings. The molecule has 2 aliphatic carbocycles. The van der Waals surface area contributed by atoms with E-state index in [9.17, 15) is 14.7 Å². The Kier molecular flexibility index (Phi) is 5.19. The van der Waals surface area contributed by atoms with Gasteiger partial charge in [-0.2, -0.15) is 0 Å². The summed E-state index contributed by atoms with van der Waals surface area (Å²) in [5.74, 6) is -1.09. The van der Waals surface area contributed by atoms with Gasteiger partial charge in [0, 0.05) is 25.2 Å². The second-order valence-corrected chi connectivity index (χ2v) is 7.09. The van der Waals surface area contributed by atoms with Crippen molar-refractivity contribution in [2.24, 2.45) is 5.92 Å². The third kappa shape index (κ3) is 3.78. The normalized spacial score (nSPS) is 22.8. The van der Waals surface area contributed by atoms with Crippen molar-refractivity contribution in [3.63, 3.8) is 0 Å². The van der Waals surface area contributed by atoms with Gasteiger partial charge in [-0.3, -0.25) is 9.59 Å². The first kappa shape index (κ1) is 17.0. The zero-order valence-corrected chi connectivity index (χ0v) is 14.3. The predicted octanol–water partition coefficient (Wildman–Crippen LogP) is 2.12. The molecule has 2 unspecified atom stereocenters. The molecule has 5 nitrogen and oxygen atoms in total. The van der Waals surface area contributed by atoms with Crippen molar-refractivity contribution in [2.45, 2.75) is 51.0 Å². The van der Waals surface area contributed by atoms with Crippen LogP contribution in [0.25, 0.3) is 0 Å². The molecule has 0 bridgehead atoms. The smallest absolute Gasteiger partial charge is 0.313 e. The van der Waals surface area contributed by atoms with Gasteiger partial charge in [-0.25, -0.2) is 0 Å². The van der Waals surface area contributed by atoms with Crippen LogP contribution in [0.5, 0.6) is 0 Å². The first-order valence-electron chi connectivity index (χ1n) is 8.91. The van der Waals surface area contributed by atoms with Crippen LogP contribution in [0, 0.1) is 5.92 Å². The van der Waals surface area contributed by atoms with E-state index in [1.807, 2.05) is 18.2 Å². The zero-order chi connectivity index (χ0) is 17.1. The Morgan fingerprint density at radius 3 is 2.71 bits per heavy atom. The predicted molar refractivity (Wildman–Crippen MR) is 92.7 cm³/mol. The van der Waals surface area contributed by atoms with Crippen LogP contribution in [0.4, 0.5) is 5.69 Å². The van der Waals surface area contributed by atoms with Crippen molar-refractivity contribution >= 4 is 17.5 Å². The summed E-state index contributed by atoms with van der Waals surface area (Å²) in [5.41, 5.74) is 3.28. The number of carbonyl (C=O) groups is 2. The number of aryl methyl sites for hydroxylation is 2. The minimum atomic E-state index is -0.610. The van der Waals surface area contributed by atoms with E-state index in [4.69, 9.17) is 0 Å². The number of anilines is 1. The standard InChI is InChI=1S/C19H26N2O3/c1-21(12-15-5-2-3-8-17(15)22)19(24)18(23)20-16-10-9-13-6-4-7-14(13)11-16/h9-11,15,17,22H,2-8,12H2,1H3,(H,20,23). The Bertz CT molecular complexity index is 629. The fourth-order valence-corrected chi connectivity index (χ4v) is 3.84. The Morgan fingerprint density at radius 2 is 1.92 bits per heavy atom. The summed E-state index contributed by atoms with van der Waals surface area (Å²) in [6.45, 7) is 0.428. The van der Waals surface area contributed by atoms with Crippen molar-refractivity contribution < 1.29 is 14.7 Å². The summed E-state index contributed by atoms with van der Waals surface area (Å²) in [6.07, 6.45) is 6.71. The van der Waals surface area contributed by atoms with Crippen molar-refractivity contribution in [3.05, 3.63) is 29.3 Å². The second-order valence-electron chi connectivity index (χ2n) is 7.09. The molecular weight excluding hydrogens is 304 g/mol. The molecule has 0 aromatic heterocycles. The lowest BCUT2D eigenvalue weighted by Crippen LogP contribution is -2.42. The highest BCUT2D eigenvalue weighted by molar-refractivity contribution is 6.39. The number of rotatable bonds is 3. The maximum atomic E-state index is 12.3. The van der Waals surface area contributed by atoms with E-state index in [1.165, 1.54) is 16.0 Å². The molecule has 0 heterocycles. The number of hydrogen-bond donors (Lipinski definition) is 2. The molecule has 3 rings (SSSR count). The molecule has 2 N–H and O–H groups in total. The molecule has 1 aromatic carbocycles. The minimum absolute atomic E-state index is 0.0699. The highest BCUT2D eigenvalue weighted by Crippen LogP contribution is 2.26. The number of fused-ring (bicyclic) bond motifs is 1. The molecule has 1 saturated carbocycles. The van der Waals surface area contributed by atoms with Gasteiger partial charge in [0.25, 0.3) is 0 Å². The quantitative estimate of drug-likeness (QED) is 0.834. The molecular formula is C19H26N2O3. The Morgan fingerprint density at radius 1 is 1.17 bits per heavy atom. The first-order valence-corrected chi connectivity index (χ1v) is 8.91. The van der Waals surface area contributed by atoms with Crippen LogP contribution in [0.3, 0.4) is 0 Å². The molecule has 1 aromatic rings. The van der Waals surface area contributed by atoms with Crippen LogP contribution in [-0.2, 0) is 22.4 Å². The molecule has 1 fully saturated rings. The van der Waals surface area contributed by atoms with E-state index in [2.05, 4.69) is 5.32 Å². The highest BCUT2D eigenvalue weighted by atomic mass is 16.3. The monoisotopic (exact) mass is 330 g/mol. The number of carbonyl (C=O) groups excluding carboxylic acids is 2. The third-order valence-electron chi connectivity index (χ3n) is 5.27. The number of amides is 2. The molecule has 2 atom stereocenters. The summed E-state index contributed by atoms with van der Waals surface area (Å²) >= 11 is 0. The van der Waals surface area contributed by atoms with E-state index in [0.717, 1.165) is 44.9 Å². The fraction of sp³-hybridized carbons (Fsp3) is 0.579. The minimum Gasteiger partial charge on any atom is -0.393 e. The third-order valence-corrected chi connectivity index (χ3v) is 5.27. The lowest BCUT2D eigenvalue weighted by molar-refractivity contribution is -0.143. The van der Waals surface area contributed by atoms with Gasteiger partial charge in [0.05, 0.1) is 6.10 Å². The van der Waals surface area contributed by atoms with E-state index in [0.29, 0.717) is 12.2 Å². The van der Waals surface area contributed by atoms with Crippen molar-refractivity contribution in [1.82, 2.24) is 4.90 Å². The molecule has 24 heavy (non-hydrogen) atoms. The molecule has 0 spiro atoms. The Hall–Kier alpha value is -1.88. The van der Waals surface area contributed by atoms with Crippen LogP contribution in [0.15, 0.2) is 18.2 Å². The van der Waals surface area contributed by atoms with Crippen molar-refractivity contribution in [2.75, 3.05) is 18.9 Å². The van der Waals surface area contributed by atoms with E-state index in [1.54, 1.807) is 7.05 Å². The average Bonchev–Trinajstić information content (AvgIpc) is 3.03. The van der Waals surface area contributed by atoms with Crippen molar-refractivity contribution in [1.29, 1.82) is 0 Å². The van der Waals surface area contributed by atoms with E-state index >= 15 is 0 Å². The summed E-state index contributed by atoms with van der Waals surface area (Å²) in [4.78, 5) is 25.9. The van der Waals surface area contributed by atoms with E-state index < -0.39 is 11.8 Å². The van der Waals surface area contributed by atoms with Gasteiger partial charge in [-0.05, 0) is 55.4 Å². The lowest BCUT2D eigenvalue weighted by Gasteiger charge is -2.30. The topological polar surface area (TPSA) is 69.6 Å². The van der Waals surface area contributed by atoms with Gasteiger partial charge < -0.3 is 15.3 Å². The van der Waals surface area contributed by atoms with Gasteiger partial charge in [0.1, 0.15) is 0 Å². The highest BCUT2D eigenvalue weighted by Gasteiger charge is 2.27. The second kappa shape index (κ2) is 7.34. The van der Waals surface area contributed by atoms with Crippen LogP contribution in [-0.4, -0.2) is 41.5 Å². The molecule has 0 radical (unpaired) electrons. The molecule has 130 valence electrons. The zero-order valence-electron chi connectivity index (χ0n) is 14.3. The SMILES string of the molecule is CN(CC1CCCCC1O)C(=O)C(=O)Nc1ccc2c(c1)CCC2. The van der Waals surface area contributed by atoms with E-state index in [-0.39, 0.29) is 12.0 Å². The first-order chi connectivity index (χ1) is 11.5. The van der Waals surface area contributed by atoms with Crippen LogP contribution >= 0.6 is 0 Å². The largest absolute Gasteiger partial charge is 0.393 e. The number of benzene rings is 1. The van der Waals surface area contributed by atoms with Gasteiger partial charge >= 0.3 is 11.8 Å². The number of nitrogens with one attached hydrogen (secondary N) is 1. The summed E-state index contributed by atoms with van der Waals surface area (Å²) in [6, 6.07) is 5.86. The number of likely N-dealkylation sites (N-methyl/N-ethyl adjacent to an activating group) is 1. The molecule has 5 heteroatoms. The molecule has 2 amide bonds. The molecule has 0 saturated heterocycles. The van der Waals surface area contributed by atoms with Crippen LogP contribution in [0.1, 0.15) is 43.2 Å².